The highest BCUT2D eigenvalue weighted by atomic mass is 35.5. The summed E-state index contributed by atoms with van der Waals surface area (Å²) < 4.78 is 5.39. The van der Waals surface area contributed by atoms with Crippen molar-refractivity contribution >= 4 is 18.3 Å². The third-order valence-corrected chi connectivity index (χ3v) is 2.07. The monoisotopic (exact) mass is 258 g/mol. The maximum absolute atomic E-state index is 11.1. The Kier molecular flexibility index (Phi) is 8.40. The van der Waals surface area contributed by atoms with Crippen LogP contribution < -0.4 is 11.1 Å². The van der Waals surface area contributed by atoms with Crippen LogP contribution in [0, 0.1) is 0 Å². The van der Waals surface area contributed by atoms with Gasteiger partial charge in [0.05, 0.1) is 19.3 Å². The van der Waals surface area contributed by atoms with Crippen LogP contribution in [0.2, 0.25) is 0 Å². The van der Waals surface area contributed by atoms with Gasteiger partial charge >= 0.3 is 0 Å². The number of rotatable bonds is 6. The highest BCUT2D eigenvalue weighted by molar-refractivity contribution is 5.85. The lowest BCUT2D eigenvalue weighted by Crippen LogP contribution is -2.39. The SMILES string of the molecule is C[C@H](N)C(=O)NCCOCc1ccccc1.Cl. The predicted octanol–water partition coefficient (Wildman–Crippen LogP) is 1.09. The molecule has 0 aliphatic rings. The standard InChI is InChI=1S/C12H18N2O2.ClH/c1-10(13)12(15)14-7-8-16-9-11-5-3-2-4-6-11;/h2-6,10H,7-9,13H2,1H3,(H,14,15);1H/t10-;/m0./s1. The predicted molar refractivity (Wildman–Crippen MR) is 70.0 cm³/mol. The van der Waals surface area contributed by atoms with Gasteiger partial charge in [0.15, 0.2) is 0 Å². The Morgan fingerprint density at radius 3 is 2.65 bits per heavy atom. The third-order valence-electron chi connectivity index (χ3n) is 2.07. The van der Waals surface area contributed by atoms with Crippen molar-refractivity contribution in [1.82, 2.24) is 5.32 Å². The van der Waals surface area contributed by atoms with Gasteiger partial charge in [0.2, 0.25) is 5.91 Å². The van der Waals surface area contributed by atoms with Crippen molar-refractivity contribution in [3.63, 3.8) is 0 Å². The zero-order chi connectivity index (χ0) is 11.8. The summed E-state index contributed by atoms with van der Waals surface area (Å²) in [4.78, 5) is 11.1. The third kappa shape index (κ3) is 6.94. The fourth-order valence-electron chi connectivity index (χ4n) is 1.17. The van der Waals surface area contributed by atoms with Gasteiger partial charge in [-0.25, -0.2) is 0 Å². The molecule has 0 aromatic heterocycles. The van der Waals surface area contributed by atoms with Crippen molar-refractivity contribution in [3.05, 3.63) is 35.9 Å². The molecule has 0 spiro atoms. The quantitative estimate of drug-likeness (QED) is 0.751. The zero-order valence-electron chi connectivity index (χ0n) is 9.89. The molecule has 4 nitrogen and oxygen atoms in total. The molecule has 0 saturated carbocycles. The largest absolute Gasteiger partial charge is 0.375 e. The fraction of sp³-hybridized carbons (Fsp3) is 0.417. The molecule has 1 atom stereocenters. The Morgan fingerprint density at radius 1 is 1.41 bits per heavy atom. The summed E-state index contributed by atoms with van der Waals surface area (Å²) in [5, 5.41) is 2.68. The van der Waals surface area contributed by atoms with E-state index in [4.69, 9.17) is 10.5 Å². The first-order valence-electron chi connectivity index (χ1n) is 5.35. The molecule has 96 valence electrons. The molecule has 5 heteroatoms. The van der Waals surface area contributed by atoms with Crippen LogP contribution in [0.3, 0.4) is 0 Å². The lowest BCUT2D eigenvalue weighted by molar-refractivity contribution is -0.122. The molecular weight excluding hydrogens is 240 g/mol. The Bertz CT molecular complexity index is 318. The van der Waals surface area contributed by atoms with Gasteiger partial charge in [0, 0.05) is 6.54 Å². The summed E-state index contributed by atoms with van der Waals surface area (Å²) in [6.45, 7) is 3.20. The number of carbonyl (C=O) groups is 1. The van der Waals surface area contributed by atoms with Crippen molar-refractivity contribution in [1.29, 1.82) is 0 Å². The molecule has 0 aliphatic heterocycles. The van der Waals surface area contributed by atoms with E-state index < -0.39 is 6.04 Å². The van der Waals surface area contributed by atoms with Crippen LogP contribution in [0.15, 0.2) is 30.3 Å². The zero-order valence-corrected chi connectivity index (χ0v) is 10.7. The van der Waals surface area contributed by atoms with Crippen molar-refractivity contribution in [2.75, 3.05) is 13.2 Å². The van der Waals surface area contributed by atoms with Crippen LogP contribution in [0.4, 0.5) is 0 Å². The first-order chi connectivity index (χ1) is 7.70. The second-order valence-corrected chi connectivity index (χ2v) is 3.62. The van der Waals surface area contributed by atoms with Gasteiger partial charge in [-0.05, 0) is 12.5 Å². The number of benzene rings is 1. The second kappa shape index (κ2) is 8.98. The van der Waals surface area contributed by atoms with Crippen LogP contribution in [0.5, 0.6) is 0 Å². The maximum atomic E-state index is 11.1. The lowest BCUT2D eigenvalue weighted by atomic mass is 10.2. The Balaban J connectivity index is 0.00000256. The first-order valence-corrected chi connectivity index (χ1v) is 5.35. The minimum Gasteiger partial charge on any atom is -0.375 e. The topological polar surface area (TPSA) is 64.4 Å². The van der Waals surface area contributed by atoms with Gasteiger partial charge in [0.1, 0.15) is 0 Å². The second-order valence-electron chi connectivity index (χ2n) is 3.62. The number of amides is 1. The van der Waals surface area contributed by atoms with E-state index in [0.717, 1.165) is 5.56 Å². The molecule has 0 aliphatic carbocycles. The van der Waals surface area contributed by atoms with Crippen molar-refractivity contribution in [2.45, 2.75) is 19.6 Å². The van der Waals surface area contributed by atoms with Gasteiger partial charge in [-0.15, -0.1) is 12.4 Å². The average Bonchev–Trinajstić information content (AvgIpc) is 2.29. The maximum Gasteiger partial charge on any atom is 0.236 e. The highest BCUT2D eigenvalue weighted by Gasteiger charge is 2.04. The summed E-state index contributed by atoms with van der Waals surface area (Å²) in [5.74, 6) is -0.150. The molecule has 0 radical (unpaired) electrons. The molecule has 3 N–H and O–H groups in total. The number of carbonyl (C=O) groups excluding carboxylic acids is 1. The van der Waals surface area contributed by atoms with Crippen LogP contribution in [-0.2, 0) is 16.1 Å². The summed E-state index contributed by atoms with van der Waals surface area (Å²) in [6.07, 6.45) is 0. The van der Waals surface area contributed by atoms with E-state index in [0.29, 0.717) is 19.8 Å². The van der Waals surface area contributed by atoms with Gasteiger partial charge in [-0.1, -0.05) is 30.3 Å². The Labute approximate surface area is 108 Å². The van der Waals surface area contributed by atoms with Crippen molar-refractivity contribution in [3.8, 4) is 0 Å². The minimum atomic E-state index is -0.464. The molecule has 1 rings (SSSR count). The van der Waals surface area contributed by atoms with Crippen LogP contribution in [0.25, 0.3) is 0 Å². The van der Waals surface area contributed by atoms with Crippen molar-refractivity contribution in [2.24, 2.45) is 5.73 Å². The molecule has 0 fully saturated rings. The summed E-state index contributed by atoms with van der Waals surface area (Å²) in [7, 11) is 0. The fourth-order valence-corrected chi connectivity index (χ4v) is 1.17. The molecule has 1 amide bonds. The molecule has 0 unspecified atom stereocenters. The number of nitrogens with two attached hydrogens (primary N) is 1. The van der Waals surface area contributed by atoms with Gasteiger partial charge in [-0.3, -0.25) is 4.79 Å². The molecule has 17 heavy (non-hydrogen) atoms. The Morgan fingerprint density at radius 2 is 2.06 bits per heavy atom. The van der Waals surface area contributed by atoms with E-state index in [-0.39, 0.29) is 18.3 Å². The minimum absolute atomic E-state index is 0. The lowest BCUT2D eigenvalue weighted by Gasteiger charge is -2.08. The molecule has 0 saturated heterocycles. The average molecular weight is 259 g/mol. The van der Waals surface area contributed by atoms with E-state index in [1.54, 1.807) is 6.92 Å². The van der Waals surface area contributed by atoms with E-state index in [2.05, 4.69) is 5.32 Å². The van der Waals surface area contributed by atoms with Crippen molar-refractivity contribution < 1.29 is 9.53 Å². The molecule has 0 heterocycles. The number of hydrogen-bond donors (Lipinski definition) is 2. The molecule has 1 aromatic carbocycles. The number of hydrogen-bond acceptors (Lipinski definition) is 3. The van der Waals surface area contributed by atoms with Crippen LogP contribution in [0.1, 0.15) is 12.5 Å². The first kappa shape index (κ1) is 15.9. The summed E-state index contributed by atoms with van der Waals surface area (Å²) >= 11 is 0. The number of nitrogens with one attached hydrogen (secondary N) is 1. The molecule has 0 bridgehead atoms. The van der Waals surface area contributed by atoms with E-state index in [9.17, 15) is 4.79 Å². The van der Waals surface area contributed by atoms with E-state index in [1.165, 1.54) is 0 Å². The number of halogens is 1. The van der Waals surface area contributed by atoms with Crippen LogP contribution >= 0.6 is 12.4 Å². The van der Waals surface area contributed by atoms with Gasteiger partial charge in [0.25, 0.3) is 0 Å². The smallest absolute Gasteiger partial charge is 0.236 e. The summed E-state index contributed by atoms with van der Waals surface area (Å²) in [6, 6.07) is 9.44. The summed E-state index contributed by atoms with van der Waals surface area (Å²) in [5.41, 5.74) is 6.51. The molecule has 1 aromatic rings. The normalized spacial score (nSPS) is 11.4. The van der Waals surface area contributed by atoms with E-state index in [1.807, 2.05) is 30.3 Å². The number of ether oxygens (including phenoxy) is 1. The molecular formula is C12H19ClN2O2. The van der Waals surface area contributed by atoms with Crippen LogP contribution in [-0.4, -0.2) is 25.1 Å². The van der Waals surface area contributed by atoms with Gasteiger partial charge < -0.3 is 15.8 Å². The Hall–Kier alpha value is -1.10. The highest BCUT2D eigenvalue weighted by Crippen LogP contribution is 1.99. The van der Waals surface area contributed by atoms with Gasteiger partial charge in [-0.2, -0.15) is 0 Å². The van der Waals surface area contributed by atoms with E-state index >= 15 is 0 Å².